The molecule has 0 amide bonds. The first-order valence-electron chi connectivity index (χ1n) is 10.8. The van der Waals surface area contributed by atoms with Crippen molar-refractivity contribution in [3.8, 4) is 22.6 Å². The molecule has 0 atom stereocenters. The highest BCUT2D eigenvalue weighted by Gasteiger charge is 2.14. The molecule has 0 unspecified atom stereocenters. The Bertz CT molecular complexity index is 1180. The summed E-state index contributed by atoms with van der Waals surface area (Å²) in [7, 11) is 0. The third-order valence-electron chi connectivity index (χ3n) is 5.70. The predicted molar refractivity (Wildman–Crippen MR) is 121 cm³/mol. The fourth-order valence-corrected chi connectivity index (χ4v) is 4.02. The summed E-state index contributed by atoms with van der Waals surface area (Å²) in [5.74, 6) is 0. The van der Waals surface area contributed by atoms with Crippen LogP contribution in [0.25, 0.3) is 33.7 Å². The first-order valence-corrected chi connectivity index (χ1v) is 10.8. The largest absolute Gasteiger partial charge is 0.379 e. The highest BCUT2D eigenvalue weighted by atomic mass is 16.5. The van der Waals surface area contributed by atoms with Crippen LogP contribution in [0.3, 0.4) is 0 Å². The van der Waals surface area contributed by atoms with Crippen LogP contribution < -0.4 is 0 Å². The highest BCUT2D eigenvalue weighted by Crippen LogP contribution is 2.29. The second kappa shape index (κ2) is 8.91. The van der Waals surface area contributed by atoms with Crippen molar-refractivity contribution < 1.29 is 4.74 Å². The number of rotatable bonds is 6. The van der Waals surface area contributed by atoms with Gasteiger partial charge in [0.05, 0.1) is 47.5 Å². The van der Waals surface area contributed by atoms with E-state index in [1.807, 2.05) is 49.6 Å². The van der Waals surface area contributed by atoms with Crippen molar-refractivity contribution in [2.24, 2.45) is 0 Å². The summed E-state index contributed by atoms with van der Waals surface area (Å²) < 4.78 is 5.43. The molecule has 1 saturated heterocycles. The minimum atomic E-state index is 0.846. The fraction of sp³-hybridized carbons (Fsp3) is 0.333. The number of fused-ring (bicyclic) bond motifs is 1. The summed E-state index contributed by atoms with van der Waals surface area (Å²) in [6.07, 6.45) is 5.89. The molecular formula is C24H26N6O. The Morgan fingerprint density at radius 1 is 1.00 bits per heavy atom. The maximum Gasteiger partial charge on any atom is 0.0928 e. The van der Waals surface area contributed by atoms with Crippen molar-refractivity contribution in [1.82, 2.24) is 30.0 Å². The first-order chi connectivity index (χ1) is 15.3. The van der Waals surface area contributed by atoms with E-state index in [9.17, 15) is 0 Å². The Kier molecular flexibility index (Phi) is 5.69. The number of aromatic amines is 1. The van der Waals surface area contributed by atoms with Crippen LogP contribution in [0.15, 0.2) is 48.8 Å². The molecule has 1 aliphatic heterocycles. The smallest absolute Gasteiger partial charge is 0.0928 e. The minimum absolute atomic E-state index is 0.846. The number of morpholine rings is 1. The zero-order valence-electron chi connectivity index (χ0n) is 17.7. The molecule has 7 heteroatoms. The van der Waals surface area contributed by atoms with Gasteiger partial charge in [-0.3, -0.25) is 20.0 Å². The van der Waals surface area contributed by atoms with Gasteiger partial charge in [-0.15, -0.1) is 0 Å². The summed E-state index contributed by atoms with van der Waals surface area (Å²) in [4.78, 5) is 16.6. The monoisotopic (exact) mass is 414 g/mol. The molecule has 4 aromatic heterocycles. The standard InChI is InChI=1S/C24H26N6O/c1-17-4-2-6-22(27-17)24-19(16-26-29-24)20-7-8-21-23(28-20)14-18(15-25-21)5-3-9-30-10-12-31-13-11-30/h2,4,6-8,14-16H,3,5,9-13H2,1H3,(H,26,29). The number of aromatic nitrogens is 5. The van der Waals surface area contributed by atoms with Gasteiger partial charge in [0.15, 0.2) is 0 Å². The normalized spacial score (nSPS) is 14.9. The van der Waals surface area contributed by atoms with Crippen LogP contribution in [0.4, 0.5) is 0 Å². The van der Waals surface area contributed by atoms with Gasteiger partial charge in [0, 0.05) is 30.5 Å². The topological polar surface area (TPSA) is 79.8 Å². The third-order valence-corrected chi connectivity index (χ3v) is 5.70. The van der Waals surface area contributed by atoms with Crippen LogP contribution >= 0.6 is 0 Å². The van der Waals surface area contributed by atoms with Crippen LogP contribution in [-0.2, 0) is 11.2 Å². The van der Waals surface area contributed by atoms with E-state index in [4.69, 9.17) is 9.72 Å². The average Bonchev–Trinajstić information content (AvgIpc) is 3.29. The van der Waals surface area contributed by atoms with Gasteiger partial charge in [0.25, 0.3) is 0 Å². The molecule has 1 aliphatic rings. The number of nitrogens with zero attached hydrogens (tertiary/aromatic N) is 5. The van der Waals surface area contributed by atoms with Gasteiger partial charge in [0.1, 0.15) is 0 Å². The van der Waals surface area contributed by atoms with Crippen molar-refractivity contribution in [3.05, 3.63) is 60.0 Å². The second-order valence-electron chi connectivity index (χ2n) is 7.96. The zero-order chi connectivity index (χ0) is 21.0. The van der Waals surface area contributed by atoms with Crippen molar-refractivity contribution in [1.29, 1.82) is 0 Å². The molecular weight excluding hydrogens is 388 g/mol. The molecule has 5 rings (SSSR count). The summed E-state index contributed by atoms with van der Waals surface area (Å²) in [6.45, 7) is 6.83. The van der Waals surface area contributed by atoms with Gasteiger partial charge >= 0.3 is 0 Å². The molecule has 7 nitrogen and oxygen atoms in total. The van der Waals surface area contributed by atoms with Gasteiger partial charge in [0.2, 0.25) is 0 Å². The summed E-state index contributed by atoms with van der Waals surface area (Å²) in [5.41, 5.74) is 7.55. The molecule has 5 heterocycles. The molecule has 4 aromatic rings. The van der Waals surface area contributed by atoms with Crippen LogP contribution in [0.1, 0.15) is 17.7 Å². The molecule has 0 aromatic carbocycles. The highest BCUT2D eigenvalue weighted by molar-refractivity contribution is 5.82. The molecule has 1 fully saturated rings. The van der Waals surface area contributed by atoms with Crippen LogP contribution in [-0.4, -0.2) is 62.9 Å². The lowest BCUT2D eigenvalue weighted by molar-refractivity contribution is 0.0374. The number of nitrogens with one attached hydrogen (secondary N) is 1. The molecule has 0 spiro atoms. The predicted octanol–water partition coefficient (Wildman–Crippen LogP) is 3.66. The number of ether oxygens (including phenoxy) is 1. The number of hydrogen-bond acceptors (Lipinski definition) is 6. The molecule has 31 heavy (non-hydrogen) atoms. The number of H-pyrrole nitrogens is 1. The van der Waals surface area contributed by atoms with Gasteiger partial charge in [-0.2, -0.15) is 5.10 Å². The zero-order valence-corrected chi connectivity index (χ0v) is 17.7. The van der Waals surface area contributed by atoms with E-state index in [0.717, 1.165) is 85.1 Å². The Balaban J connectivity index is 1.37. The van der Waals surface area contributed by atoms with E-state index in [0.29, 0.717) is 0 Å². The van der Waals surface area contributed by atoms with Crippen molar-refractivity contribution in [2.45, 2.75) is 19.8 Å². The number of hydrogen-bond donors (Lipinski definition) is 1. The lowest BCUT2D eigenvalue weighted by Crippen LogP contribution is -2.36. The molecule has 158 valence electrons. The summed E-state index contributed by atoms with van der Waals surface area (Å²) in [6, 6.07) is 12.2. The maximum absolute atomic E-state index is 5.43. The van der Waals surface area contributed by atoms with Crippen molar-refractivity contribution >= 4 is 11.0 Å². The van der Waals surface area contributed by atoms with Gasteiger partial charge in [-0.1, -0.05) is 6.07 Å². The Labute approximate surface area is 181 Å². The van der Waals surface area contributed by atoms with E-state index < -0.39 is 0 Å². The van der Waals surface area contributed by atoms with Crippen molar-refractivity contribution in [2.75, 3.05) is 32.8 Å². The average molecular weight is 415 g/mol. The number of pyridine rings is 3. The maximum atomic E-state index is 5.43. The van der Waals surface area contributed by atoms with Gasteiger partial charge < -0.3 is 4.74 Å². The Morgan fingerprint density at radius 2 is 1.90 bits per heavy atom. The van der Waals surface area contributed by atoms with E-state index in [1.165, 1.54) is 5.56 Å². The SMILES string of the molecule is Cc1cccc(-c2[nH]ncc2-c2ccc3ncc(CCCN4CCOCC4)cc3n2)n1. The molecule has 0 bridgehead atoms. The fourth-order valence-electron chi connectivity index (χ4n) is 4.02. The number of aryl methyl sites for hydroxylation is 2. The van der Waals surface area contributed by atoms with E-state index >= 15 is 0 Å². The van der Waals surface area contributed by atoms with E-state index in [2.05, 4.69) is 31.1 Å². The van der Waals surface area contributed by atoms with Crippen LogP contribution in [0.2, 0.25) is 0 Å². The Hall–Kier alpha value is -3.16. The molecule has 0 aliphatic carbocycles. The quantitative estimate of drug-likeness (QED) is 0.519. The first kappa shape index (κ1) is 19.8. The van der Waals surface area contributed by atoms with Gasteiger partial charge in [-0.05, 0) is 62.2 Å². The molecule has 0 saturated carbocycles. The summed E-state index contributed by atoms with van der Waals surface area (Å²) >= 11 is 0. The summed E-state index contributed by atoms with van der Waals surface area (Å²) in [5, 5.41) is 7.34. The minimum Gasteiger partial charge on any atom is -0.379 e. The van der Waals surface area contributed by atoms with Gasteiger partial charge in [-0.25, -0.2) is 4.98 Å². The lowest BCUT2D eigenvalue weighted by atomic mass is 10.1. The van der Waals surface area contributed by atoms with Crippen LogP contribution in [0, 0.1) is 6.92 Å². The third kappa shape index (κ3) is 4.47. The van der Waals surface area contributed by atoms with Crippen molar-refractivity contribution in [3.63, 3.8) is 0 Å². The van der Waals surface area contributed by atoms with E-state index in [1.54, 1.807) is 0 Å². The Morgan fingerprint density at radius 3 is 2.77 bits per heavy atom. The lowest BCUT2D eigenvalue weighted by Gasteiger charge is -2.26. The molecule has 0 radical (unpaired) electrons. The second-order valence-corrected chi connectivity index (χ2v) is 7.96. The van der Waals surface area contributed by atoms with E-state index in [-0.39, 0.29) is 0 Å². The molecule has 1 N–H and O–H groups in total. The van der Waals surface area contributed by atoms with Crippen LogP contribution in [0.5, 0.6) is 0 Å².